The molecule has 0 bridgehead atoms. The van der Waals surface area contributed by atoms with Crippen molar-refractivity contribution < 1.29 is 28.6 Å². The summed E-state index contributed by atoms with van der Waals surface area (Å²) in [6.45, 7) is 6.30. The molecule has 1 atom stereocenters. The molecule has 0 amide bonds. The van der Waals surface area contributed by atoms with Gasteiger partial charge in [0.2, 0.25) is 0 Å². The largest absolute Gasteiger partial charge is 0.462 e. The molecule has 0 aliphatic heterocycles. The van der Waals surface area contributed by atoms with E-state index in [9.17, 15) is 14.4 Å². The maximum atomic E-state index is 12.9. The van der Waals surface area contributed by atoms with Crippen LogP contribution in [0.4, 0.5) is 0 Å². The molecule has 0 saturated heterocycles. The number of carbonyl (C=O) groups is 3. The minimum Gasteiger partial charge on any atom is -0.462 e. The van der Waals surface area contributed by atoms with Gasteiger partial charge in [0.15, 0.2) is 6.10 Å². The fraction of sp³-hybridized carbons (Fsp3) is 0.597. The molecule has 0 aliphatic carbocycles. The van der Waals surface area contributed by atoms with Gasteiger partial charge in [-0.15, -0.1) is 0 Å². The second-order valence-electron chi connectivity index (χ2n) is 20.2. The first-order chi connectivity index (χ1) is 38.5. The Bertz CT molecular complexity index is 1760. The molecule has 0 aromatic carbocycles. The zero-order valence-corrected chi connectivity index (χ0v) is 50.1. The van der Waals surface area contributed by atoms with E-state index in [1.54, 1.807) is 6.08 Å². The Hall–Kier alpha value is -4.97. The molecule has 6 heteroatoms. The van der Waals surface area contributed by atoms with Gasteiger partial charge in [0.25, 0.3) is 0 Å². The minimum absolute atomic E-state index is 0.116. The van der Waals surface area contributed by atoms with Gasteiger partial charge in [0.05, 0.1) is 6.42 Å². The zero-order valence-electron chi connectivity index (χ0n) is 50.1. The van der Waals surface area contributed by atoms with Crippen molar-refractivity contribution in [3.8, 4) is 0 Å². The number of hydrogen-bond donors (Lipinski definition) is 0. The lowest BCUT2D eigenvalue weighted by Crippen LogP contribution is -2.30. The first-order valence-corrected chi connectivity index (χ1v) is 31.5. The van der Waals surface area contributed by atoms with Gasteiger partial charge in [0.1, 0.15) is 13.2 Å². The molecule has 0 heterocycles. The van der Waals surface area contributed by atoms with Crippen LogP contribution in [-0.4, -0.2) is 37.2 Å². The molecule has 0 N–H and O–H groups in total. The quantitative estimate of drug-likeness (QED) is 0.0261. The van der Waals surface area contributed by atoms with Crippen LogP contribution in [0, 0.1) is 0 Å². The highest BCUT2D eigenvalue weighted by Gasteiger charge is 2.19. The Labute approximate surface area is 480 Å². The highest BCUT2D eigenvalue weighted by molar-refractivity contribution is 5.72. The van der Waals surface area contributed by atoms with Gasteiger partial charge >= 0.3 is 17.9 Å². The smallest absolute Gasteiger partial charge is 0.309 e. The van der Waals surface area contributed by atoms with E-state index in [-0.39, 0.29) is 31.6 Å². The van der Waals surface area contributed by atoms with Crippen molar-refractivity contribution in [3.05, 3.63) is 158 Å². The summed E-state index contributed by atoms with van der Waals surface area (Å²) in [5.74, 6) is -1.08. The van der Waals surface area contributed by atoms with E-state index in [4.69, 9.17) is 14.2 Å². The summed E-state index contributed by atoms with van der Waals surface area (Å²) in [6.07, 6.45) is 94.1. The first-order valence-electron chi connectivity index (χ1n) is 31.5. The van der Waals surface area contributed by atoms with Crippen LogP contribution in [-0.2, 0) is 28.6 Å². The monoisotopic (exact) mass is 1070 g/mol. The van der Waals surface area contributed by atoms with Crippen molar-refractivity contribution in [2.75, 3.05) is 13.2 Å². The predicted molar refractivity (Wildman–Crippen MR) is 338 cm³/mol. The molecule has 438 valence electrons. The molecule has 0 spiro atoms. The fourth-order valence-corrected chi connectivity index (χ4v) is 8.14. The van der Waals surface area contributed by atoms with E-state index in [0.717, 1.165) is 135 Å². The van der Waals surface area contributed by atoms with Crippen LogP contribution in [0.5, 0.6) is 0 Å². The summed E-state index contributed by atoms with van der Waals surface area (Å²) < 4.78 is 16.8. The average Bonchev–Trinajstić information content (AvgIpc) is 3.44. The number of ether oxygens (including phenoxy) is 3. The molecule has 1 unspecified atom stereocenters. The third-order valence-corrected chi connectivity index (χ3v) is 12.8. The molecule has 0 fully saturated rings. The number of allylic oxidation sites excluding steroid dienone is 25. The van der Waals surface area contributed by atoms with Crippen LogP contribution in [0.25, 0.3) is 0 Å². The summed E-state index contributed by atoms with van der Waals surface area (Å²) in [6, 6.07) is 0. The Morgan fingerprint density at radius 1 is 0.282 bits per heavy atom. The number of hydrogen-bond acceptors (Lipinski definition) is 6. The number of rotatable bonds is 55. The lowest BCUT2D eigenvalue weighted by atomic mass is 10.1. The third-order valence-electron chi connectivity index (χ3n) is 12.8. The summed E-state index contributed by atoms with van der Waals surface area (Å²) in [5, 5.41) is 0. The van der Waals surface area contributed by atoms with Crippen molar-refractivity contribution in [3.63, 3.8) is 0 Å². The normalized spacial score (nSPS) is 13.2. The topological polar surface area (TPSA) is 78.9 Å². The Kier molecular flexibility index (Phi) is 60.4. The van der Waals surface area contributed by atoms with Gasteiger partial charge in [-0.25, -0.2) is 0 Å². The van der Waals surface area contributed by atoms with Crippen molar-refractivity contribution in [2.45, 2.75) is 264 Å². The van der Waals surface area contributed by atoms with Gasteiger partial charge in [-0.1, -0.05) is 269 Å². The Morgan fingerprint density at radius 2 is 0.551 bits per heavy atom. The maximum absolute atomic E-state index is 12.9. The van der Waals surface area contributed by atoms with E-state index in [2.05, 4.69) is 167 Å². The number of carbonyl (C=O) groups excluding carboxylic acids is 3. The van der Waals surface area contributed by atoms with Crippen LogP contribution in [0.15, 0.2) is 158 Å². The molecule has 78 heavy (non-hydrogen) atoms. The third kappa shape index (κ3) is 61.9. The number of esters is 3. The Balaban J connectivity index is 4.50. The van der Waals surface area contributed by atoms with E-state index in [1.165, 1.54) is 83.5 Å². The van der Waals surface area contributed by atoms with Crippen molar-refractivity contribution in [2.24, 2.45) is 0 Å². The van der Waals surface area contributed by atoms with E-state index in [1.807, 2.05) is 6.08 Å². The second kappa shape index (κ2) is 64.6. The highest BCUT2D eigenvalue weighted by atomic mass is 16.6. The molecule has 0 radical (unpaired) electrons. The van der Waals surface area contributed by atoms with Gasteiger partial charge < -0.3 is 14.2 Å². The summed E-state index contributed by atoms with van der Waals surface area (Å²) >= 11 is 0. The molecular weight excluding hydrogens is 961 g/mol. The minimum atomic E-state index is -0.837. The van der Waals surface area contributed by atoms with E-state index >= 15 is 0 Å². The lowest BCUT2D eigenvalue weighted by Gasteiger charge is -2.18. The second-order valence-corrected chi connectivity index (χ2v) is 20.2. The zero-order chi connectivity index (χ0) is 56.4. The highest BCUT2D eigenvalue weighted by Crippen LogP contribution is 2.14. The van der Waals surface area contributed by atoms with Crippen LogP contribution in [0.2, 0.25) is 0 Å². The van der Waals surface area contributed by atoms with Gasteiger partial charge in [0, 0.05) is 12.8 Å². The summed E-state index contributed by atoms with van der Waals surface area (Å²) in [4.78, 5) is 38.2. The lowest BCUT2D eigenvalue weighted by molar-refractivity contribution is -0.166. The van der Waals surface area contributed by atoms with E-state index in [0.29, 0.717) is 12.8 Å². The fourth-order valence-electron chi connectivity index (χ4n) is 8.14. The Morgan fingerprint density at radius 3 is 0.910 bits per heavy atom. The van der Waals surface area contributed by atoms with Crippen LogP contribution in [0.3, 0.4) is 0 Å². The maximum Gasteiger partial charge on any atom is 0.309 e. The molecular formula is C72H114O6. The number of unbranched alkanes of at least 4 members (excludes halogenated alkanes) is 19. The average molecular weight is 1080 g/mol. The predicted octanol–water partition coefficient (Wildman–Crippen LogP) is 21.7. The van der Waals surface area contributed by atoms with Crippen molar-refractivity contribution >= 4 is 17.9 Å². The molecule has 6 nitrogen and oxygen atoms in total. The molecule has 0 rings (SSSR count). The van der Waals surface area contributed by atoms with Gasteiger partial charge in [-0.2, -0.15) is 0 Å². The SMILES string of the molecule is CC/C=C\C/C=C\C/C=C\C/C=C\C/C=C\C/C=C\C/C=C\CCCCCCCC(=O)OCC(COC(=O)C/C=C\C/C=C\C/C=C\C/C=C\C/C=C\CC)OC(=O)CCCCCCCCC/C=C\CCCCCCCCC. The van der Waals surface area contributed by atoms with Crippen LogP contribution >= 0.6 is 0 Å². The van der Waals surface area contributed by atoms with Crippen LogP contribution < -0.4 is 0 Å². The van der Waals surface area contributed by atoms with Crippen LogP contribution in [0.1, 0.15) is 258 Å². The van der Waals surface area contributed by atoms with Crippen molar-refractivity contribution in [1.82, 2.24) is 0 Å². The molecule has 0 aliphatic rings. The van der Waals surface area contributed by atoms with Crippen molar-refractivity contribution in [1.29, 1.82) is 0 Å². The van der Waals surface area contributed by atoms with E-state index < -0.39 is 12.1 Å². The standard InChI is InChI=1S/C72H114O6/c1-4-7-10-13-16-19-22-25-28-30-32-33-34-35-36-37-38-39-40-42-44-47-50-53-56-59-62-65-71(74)77-68-69(67-76-70(73)64-61-58-55-52-49-46-43-27-24-21-18-15-12-9-6-3)78-72(75)66-63-60-57-54-51-48-45-41-31-29-26-23-20-17-14-11-8-5-2/h7,9-10,12,16,18-19,21,25,27-29,31-33,35-36,38-39,42-44,49,52,58,61,69H,4-6,8,11,13-15,17,20,22-24,26,30,34,37,40-41,45-48,50-51,53-57,59-60,62-68H2,1-3H3/b10-7-,12-9-,19-16-,21-18-,28-25-,31-29-,33-32-,36-35-,39-38-,43-27-,44-42-,52-49-,61-58-. The first kappa shape index (κ1) is 73.0. The molecule has 0 saturated carbocycles. The van der Waals surface area contributed by atoms with Gasteiger partial charge in [-0.3, -0.25) is 14.4 Å². The summed E-state index contributed by atoms with van der Waals surface area (Å²) in [7, 11) is 0. The molecule has 0 aromatic heterocycles. The summed E-state index contributed by atoms with van der Waals surface area (Å²) in [5.41, 5.74) is 0. The molecule has 0 aromatic rings. The van der Waals surface area contributed by atoms with Gasteiger partial charge in [-0.05, 0) is 128 Å².